The molecule has 0 aliphatic heterocycles. The van der Waals surface area contributed by atoms with Crippen LogP contribution in [0.4, 0.5) is 0 Å². The molecule has 2 fully saturated rings. The van der Waals surface area contributed by atoms with Gasteiger partial charge in [0.15, 0.2) is 0 Å². The van der Waals surface area contributed by atoms with Gasteiger partial charge in [-0.25, -0.2) is 0 Å². The maximum absolute atomic E-state index is 10.2. The van der Waals surface area contributed by atoms with Gasteiger partial charge in [-0.2, -0.15) is 0 Å². The number of allylic oxidation sites excluding steroid dienone is 1. The van der Waals surface area contributed by atoms with Crippen molar-refractivity contribution in [2.75, 3.05) is 0 Å². The lowest BCUT2D eigenvalue weighted by Crippen LogP contribution is -2.29. The second-order valence-electron chi connectivity index (χ2n) is 6.62. The van der Waals surface area contributed by atoms with Crippen LogP contribution < -0.4 is 0 Å². The number of hydrogen-bond donors (Lipinski definition) is 1. The average Bonchev–Trinajstić information content (AvgIpc) is 2.56. The van der Waals surface area contributed by atoms with E-state index in [9.17, 15) is 5.11 Å². The molecule has 0 aromatic heterocycles. The van der Waals surface area contributed by atoms with Crippen LogP contribution in [0.2, 0.25) is 0 Å². The molecule has 0 aromatic rings. The van der Waals surface area contributed by atoms with Crippen LogP contribution in [0.5, 0.6) is 0 Å². The standard InChI is InChI=1S/C15H26O/c1-10-6-5-7-11(2)14-9-12(8-13(10)14)15(3,4)16/h11-14,16H,1,5-9H2,2-4H3. The summed E-state index contributed by atoms with van der Waals surface area (Å²) >= 11 is 0. The molecule has 4 unspecified atom stereocenters. The Morgan fingerprint density at radius 1 is 1.31 bits per heavy atom. The van der Waals surface area contributed by atoms with Crippen LogP contribution in [0.1, 0.15) is 52.9 Å². The molecule has 0 spiro atoms. The molecule has 2 aliphatic rings. The van der Waals surface area contributed by atoms with Crippen molar-refractivity contribution in [2.24, 2.45) is 23.7 Å². The van der Waals surface area contributed by atoms with Gasteiger partial charge in [0.25, 0.3) is 0 Å². The summed E-state index contributed by atoms with van der Waals surface area (Å²) in [5, 5.41) is 10.2. The van der Waals surface area contributed by atoms with Crippen molar-refractivity contribution in [1.29, 1.82) is 0 Å². The fraction of sp³-hybridized carbons (Fsp3) is 0.867. The predicted molar refractivity (Wildman–Crippen MR) is 68.2 cm³/mol. The van der Waals surface area contributed by atoms with E-state index in [0.717, 1.165) is 18.3 Å². The van der Waals surface area contributed by atoms with Gasteiger partial charge in [-0.05, 0) is 63.2 Å². The van der Waals surface area contributed by atoms with E-state index in [1.54, 1.807) is 0 Å². The molecular formula is C15H26O. The maximum atomic E-state index is 10.2. The SMILES string of the molecule is C=C1CCCC(C)C2CC(C(C)(C)O)CC12. The van der Waals surface area contributed by atoms with Gasteiger partial charge in [-0.3, -0.25) is 0 Å². The molecule has 0 bridgehead atoms. The van der Waals surface area contributed by atoms with E-state index in [1.807, 2.05) is 13.8 Å². The highest BCUT2D eigenvalue weighted by molar-refractivity contribution is 5.10. The summed E-state index contributed by atoms with van der Waals surface area (Å²) in [6, 6.07) is 0. The second kappa shape index (κ2) is 4.18. The molecule has 0 aromatic carbocycles. The quantitative estimate of drug-likeness (QED) is 0.669. The molecule has 0 amide bonds. The molecule has 0 heterocycles. The Kier molecular flexibility index (Phi) is 3.18. The van der Waals surface area contributed by atoms with E-state index >= 15 is 0 Å². The average molecular weight is 222 g/mol. The van der Waals surface area contributed by atoms with Crippen molar-refractivity contribution >= 4 is 0 Å². The molecule has 2 rings (SSSR count). The van der Waals surface area contributed by atoms with Crippen molar-refractivity contribution < 1.29 is 5.11 Å². The molecule has 2 aliphatic carbocycles. The normalized spacial score (nSPS) is 40.6. The van der Waals surface area contributed by atoms with Gasteiger partial charge in [0.2, 0.25) is 0 Å². The topological polar surface area (TPSA) is 20.2 Å². The zero-order valence-corrected chi connectivity index (χ0v) is 11.0. The van der Waals surface area contributed by atoms with Crippen molar-refractivity contribution in [2.45, 2.75) is 58.5 Å². The van der Waals surface area contributed by atoms with E-state index in [-0.39, 0.29) is 0 Å². The van der Waals surface area contributed by atoms with E-state index in [1.165, 1.54) is 31.3 Å². The van der Waals surface area contributed by atoms with E-state index in [4.69, 9.17) is 0 Å². The number of hydrogen-bond acceptors (Lipinski definition) is 1. The first-order valence-electron chi connectivity index (χ1n) is 6.79. The summed E-state index contributed by atoms with van der Waals surface area (Å²) in [6.45, 7) is 10.6. The first kappa shape index (κ1) is 12.2. The fourth-order valence-corrected chi connectivity index (χ4v) is 3.80. The van der Waals surface area contributed by atoms with Crippen LogP contribution in [0.25, 0.3) is 0 Å². The molecule has 0 saturated heterocycles. The summed E-state index contributed by atoms with van der Waals surface area (Å²) in [6.07, 6.45) is 6.24. The Bertz CT molecular complexity index is 274. The largest absolute Gasteiger partial charge is 0.390 e. The minimum absolute atomic E-state index is 0.472. The molecule has 1 N–H and O–H groups in total. The zero-order valence-electron chi connectivity index (χ0n) is 11.0. The molecule has 0 radical (unpaired) electrons. The predicted octanol–water partition coefficient (Wildman–Crippen LogP) is 3.78. The van der Waals surface area contributed by atoms with Crippen LogP contribution in [0.15, 0.2) is 12.2 Å². The maximum Gasteiger partial charge on any atom is 0.0620 e. The molecule has 92 valence electrons. The molecule has 1 nitrogen and oxygen atoms in total. The first-order valence-corrected chi connectivity index (χ1v) is 6.79. The lowest BCUT2D eigenvalue weighted by atomic mass is 9.82. The summed E-state index contributed by atoms with van der Waals surface area (Å²) in [5.74, 6) is 2.76. The molecule has 2 saturated carbocycles. The van der Waals surface area contributed by atoms with Crippen molar-refractivity contribution in [3.63, 3.8) is 0 Å². The van der Waals surface area contributed by atoms with Crippen LogP contribution in [-0.4, -0.2) is 10.7 Å². The highest BCUT2D eigenvalue weighted by atomic mass is 16.3. The Morgan fingerprint density at radius 3 is 2.62 bits per heavy atom. The van der Waals surface area contributed by atoms with Crippen molar-refractivity contribution in [1.82, 2.24) is 0 Å². The van der Waals surface area contributed by atoms with Crippen molar-refractivity contribution in [3.05, 3.63) is 12.2 Å². The van der Waals surface area contributed by atoms with Crippen LogP contribution in [-0.2, 0) is 0 Å². The Hall–Kier alpha value is -0.300. The third kappa shape index (κ3) is 2.20. The highest BCUT2D eigenvalue weighted by Crippen LogP contribution is 2.50. The van der Waals surface area contributed by atoms with Gasteiger partial charge in [-0.15, -0.1) is 0 Å². The van der Waals surface area contributed by atoms with E-state index in [0.29, 0.717) is 11.8 Å². The summed E-state index contributed by atoms with van der Waals surface area (Å²) in [4.78, 5) is 0. The van der Waals surface area contributed by atoms with Crippen LogP contribution in [0.3, 0.4) is 0 Å². The lowest BCUT2D eigenvalue weighted by Gasteiger charge is -2.26. The van der Waals surface area contributed by atoms with Gasteiger partial charge < -0.3 is 5.11 Å². The van der Waals surface area contributed by atoms with E-state index < -0.39 is 5.60 Å². The summed E-state index contributed by atoms with van der Waals surface area (Å²) < 4.78 is 0. The second-order valence-corrected chi connectivity index (χ2v) is 6.62. The molecule has 4 atom stereocenters. The minimum Gasteiger partial charge on any atom is -0.390 e. The van der Waals surface area contributed by atoms with Crippen LogP contribution in [0, 0.1) is 23.7 Å². The van der Waals surface area contributed by atoms with Gasteiger partial charge in [0, 0.05) is 0 Å². The van der Waals surface area contributed by atoms with E-state index in [2.05, 4.69) is 13.5 Å². The van der Waals surface area contributed by atoms with Gasteiger partial charge >= 0.3 is 0 Å². The summed E-state index contributed by atoms with van der Waals surface area (Å²) in [5.41, 5.74) is 0.952. The number of aliphatic hydroxyl groups is 1. The third-order valence-electron chi connectivity index (χ3n) is 5.02. The summed E-state index contributed by atoms with van der Waals surface area (Å²) in [7, 11) is 0. The Balaban J connectivity index is 2.15. The number of fused-ring (bicyclic) bond motifs is 1. The first-order chi connectivity index (χ1) is 7.39. The highest BCUT2D eigenvalue weighted by Gasteiger charge is 2.44. The Morgan fingerprint density at radius 2 is 2.00 bits per heavy atom. The molecule has 16 heavy (non-hydrogen) atoms. The van der Waals surface area contributed by atoms with Gasteiger partial charge in [0.1, 0.15) is 0 Å². The lowest BCUT2D eigenvalue weighted by molar-refractivity contribution is 0.0165. The monoisotopic (exact) mass is 222 g/mol. The van der Waals surface area contributed by atoms with Gasteiger partial charge in [0.05, 0.1) is 5.60 Å². The van der Waals surface area contributed by atoms with Crippen LogP contribution >= 0.6 is 0 Å². The minimum atomic E-state index is -0.508. The Labute approximate surface area is 99.9 Å². The molecule has 1 heteroatoms. The number of rotatable bonds is 1. The van der Waals surface area contributed by atoms with Crippen molar-refractivity contribution in [3.8, 4) is 0 Å². The molecular weight excluding hydrogens is 196 g/mol. The third-order valence-corrected chi connectivity index (χ3v) is 5.02. The zero-order chi connectivity index (χ0) is 11.9. The smallest absolute Gasteiger partial charge is 0.0620 e. The fourth-order valence-electron chi connectivity index (χ4n) is 3.80. The van der Waals surface area contributed by atoms with Gasteiger partial charge in [-0.1, -0.05) is 25.5 Å².